The minimum absolute atomic E-state index is 0.0967. The quantitative estimate of drug-likeness (QED) is 0.276. The largest absolute Gasteiger partial charge is 0.497 e. The number of fused-ring (bicyclic) bond motifs is 2. The second-order valence-corrected chi connectivity index (χ2v) is 15.9. The van der Waals surface area contributed by atoms with Gasteiger partial charge >= 0.3 is 0 Å². The average Bonchev–Trinajstić information content (AvgIpc) is 3.67. The Bertz CT molecular complexity index is 1790. The molecule has 6 fully saturated rings. The molecule has 3 atom stereocenters. The first kappa shape index (κ1) is 30.1. The zero-order valence-electron chi connectivity index (χ0n) is 25.8. The molecule has 3 heterocycles. The Morgan fingerprint density at radius 3 is 2.34 bits per heavy atom. The Hall–Kier alpha value is -4.23. The summed E-state index contributed by atoms with van der Waals surface area (Å²) >= 11 is 0. The molecule has 7 aliphatic rings. The van der Waals surface area contributed by atoms with Gasteiger partial charge in [-0.05, 0) is 105 Å². The van der Waals surface area contributed by atoms with Gasteiger partial charge in [0.1, 0.15) is 12.3 Å². The van der Waals surface area contributed by atoms with E-state index in [1.165, 1.54) is 37.7 Å². The first-order chi connectivity index (χ1) is 22.6. The molecule has 4 aliphatic carbocycles. The highest BCUT2D eigenvalue weighted by Crippen LogP contribution is 2.61. The van der Waals surface area contributed by atoms with Crippen LogP contribution in [-0.4, -0.2) is 55.3 Å². The van der Waals surface area contributed by atoms with Gasteiger partial charge in [0.25, 0.3) is 21.6 Å². The predicted molar refractivity (Wildman–Crippen MR) is 171 cm³/mol. The van der Waals surface area contributed by atoms with Gasteiger partial charge in [-0.15, -0.1) is 0 Å². The number of nitrogens with zero attached hydrogens (tertiary/aromatic N) is 2. The Morgan fingerprint density at radius 2 is 1.70 bits per heavy atom. The van der Waals surface area contributed by atoms with E-state index in [0.717, 1.165) is 43.9 Å². The van der Waals surface area contributed by atoms with Gasteiger partial charge in [0.05, 0.1) is 27.5 Å². The molecule has 2 saturated heterocycles. The number of anilines is 1. The lowest BCUT2D eigenvalue weighted by Gasteiger charge is -2.57. The van der Waals surface area contributed by atoms with E-state index < -0.39 is 31.4 Å². The number of piperazine rings is 1. The third kappa shape index (κ3) is 5.29. The van der Waals surface area contributed by atoms with Gasteiger partial charge < -0.3 is 20.3 Å². The van der Waals surface area contributed by atoms with Crippen LogP contribution >= 0.6 is 0 Å². The van der Waals surface area contributed by atoms with Crippen molar-refractivity contribution in [3.63, 3.8) is 0 Å². The van der Waals surface area contributed by atoms with E-state index in [0.29, 0.717) is 36.0 Å². The number of carbonyl (C=O) groups is 2. The van der Waals surface area contributed by atoms with E-state index in [2.05, 4.69) is 15.5 Å². The number of benzene rings is 2. The monoisotopic (exact) mass is 659 g/mol. The summed E-state index contributed by atoms with van der Waals surface area (Å²) in [6.07, 6.45) is 12.5. The fourth-order valence-electron chi connectivity index (χ4n) is 9.59. The van der Waals surface area contributed by atoms with Crippen LogP contribution in [0.2, 0.25) is 0 Å². The molecule has 13 heteroatoms. The zero-order valence-corrected chi connectivity index (χ0v) is 26.6. The first-order valence-electron chi connectivity index (χ1n) is 16.4. The van der Waals surface area contributed by atoms with Crippen LogP contribution < -0.4 is 15.4 Å². The molecule has 3 N–H and O–H groups in total. The molecule has 4 saturated carbocycles. The number of ether oxygens (including phenoxy) is 1. The standard InChI is InChI=1S/C34H37N5O7S/c40-32(37-47(44,45)27-5-6-28(30(15-27)39(42)43)36-25-7-9-46-10-8-25)24-3-1-23(2-4-24)31-29-14-26(19-35-29)38(31)33(41)34-16-20-11-21(17-34)13-22(12-20)18-34/h1-9,15,20-22,26,29,31,35-36H,10-14,16-19H2,(H,37,40). The third-order valence-electron chi connectivity index (χ3n) is 11.2. The van der Waals surface area contributed by atoms with E-state index in [1.807, 2.05) is 4.72 Å². The Labute approximate surface area is 272 Å². The van der Waals surface area contributed by atoms with Gasteiger partial charge in [-0.25, -0.2) is 13.1 Å². The van der Waals surface area contributed by atoms with Gasteiger partial charge in [0, 0.05) is 36.0 Å². The Kier molecular flexibility index (Phi) is 7.17. The van der Waals surface area contributed by atoms with Gasteiger partial charge in [-0.2, -0.15) is 0 Å². The molecule has 47 heavy (non-hydrogen) atoms. The van der Waals surface area contributed by atoms with Crippen LogP contribution in [0.4, 0.5) is 11.4 Å². The van der Waals surface area contributed by atoms with E-state index in [9.17, 15) is 28.1 Å². The van der Waals surface area contributed by atoms with Crippen molar-refractivity contribution >= 4 is 33.2 Å². The van der Waals surface area contributed by atoms with Crippen LogP contribution in [-0.2, 0) is 19.6 Å². The van der Waals surface area contributed by atoms with Crippen LogP contribution in [0, 0.1) is 33.3 Å². The van der Waals surface area contributed by atoms with E-state index >= 15 is 0 Å². The van der Waals surface area contributed by atoms with Crippen LogP contribution in [0.25, 0.3) is 0 Å². The molecule has 2 amide bonds. The summed E-state index contributed by atoms with van der Waals surface area (Å²) in [4.78, 5) is 40.4. The summed E-state index contributed by atoms with van der Waals surface area (Å²) in [7, 11) is -4.43. The number of carbonyl (C=O) groups excluding carboxylic acids is 2. The van der Waals surface area contributed by atoms with Crippen LogP contribution in [0.3, 0.4) is 0 Å². The number of hydrogen-bond acceptors (Lipinski definition) is 9. The van der Waals surface area contributed by atoms with Crippen molar-refractivity contribution < 1.29 is 27.7 Å². The van der Waals surface area contributed by atoms with E-state index in [-0.39, 0.29) is 34.8 Å². The molecule has 3 aliphatic heterocycles. The number of rotatable bonds is 8. The van der Waals surface area contributed by atoms with Crippen LogP contribution in [0.5, 0.6) is 0 Å². The van der Waals surface area contributed by atoms with Crippen LogP contribution in [0.1, 0.15) is 66.9 Å². The Morgan fingerprint density at radius 1 is 1.00 bits per heavy atom. The average molecular weight is 660 g/mol. The van der Waals surface area contributed by atoms with Gasteiger partial charge in [0.2, 0.25) is 5.91 Å². The molecule has 2 aromatic carbocycles. The van der Waals surface area contributed by atoms with Crippen molar-refractivity contribution in [1.29, 1.82) is 0 Å². The molecule has 0 radical (unpaired) electrons. The smallest absolute Gasteiger partial charge is 0.294 e. The predicted octanol–water partition coefficient (Wildman–Crippen LogP) is 4.38. The van der Waals surface area contributed by atoms with Crippen molar-refractivity contribution in [3.05, 3.63) is 87.8 Å². The van der Waals surface area contributed by atoms with Gasteiger partial charge in [0.15, 0.2) is 0 Å². The summed E-state index contributed by atoms with van der Waals surface area (Å²) in [5.74, 6) is 1.46. The minimum Gasteiger partial charge on any atom is -0.497 e. The van der Waals surface area contributed by atoms with Crippen molar-refractivity contribution in [1.82, 2.24) is 14.9 Å². The van der Waals surface area contributed by atoms with Crippen LogP contribution in [0.15, 0.2) is 71.5 Å². The summed E-state index contributed by atoms with van der Waals surface area (Å²) in [6, 6.07) is 10.3. The topological polar surface area (TPSA) is 160 Å². The number of sulfonamides is 1. The number of hydrogen-bond donors (Lipinski definition) is 3. The summed E-state index contributed by atoms with van der Waals surface area (Å²) < 4.78 is 33.5. The lowest BCUT2D eigenvalue weighted by molar-refractivity contribution is -0.384. The van der Waals surface area contributed by atoms with Crippen molar-refractivity contribution in [2.45, 2.75) is 68.0 Å². The zero-order chi connectivity index (χ0) is 32.5. The number of nitro benzene ring substituents is 1. The summed E-state index contributed by atoms with van der Waals surface area (Å²) in [6.45, 7) is 1.08. The highest BCUT2D eigenvalue weighted by molar-refractivity contribution is 7.90. The maximum Gasteiger partial charge on any atom is 0.294 e. The second kappa shape index (κ2) is 11.2. The molecule has 0 spiro atoms. The van der Waals surface area contributed by atoms with Crippen molar-refractivity contribution in [3.8, 4) is 0 Å². The number of nitrogens with one attached hydrogen (secondary N) is 3. The highest BCUT2D eigenvalue weighted by atomic mass is 32.2. The maximum absolute atomic E-state index is 14.4. The molecule has 0 aromatic heterocycles. The molecule has 6 bridgehead atoms. The fourth-order valence-corrected chi connectivity index (χ4v) is 10.6. The number of nitro groups is 1. The fraction of sp³-hybridized carbons (Fsp3) is 0.471. The normalized spacial score (nSPS) is 31.7. The van der Waals surface area contributed by atoms with Crippen molar-refractivity contribution in [2.75, 3.05) is 18.5 Å². The minimum atomic E-state index is -4.43. The first-order valence-corrected chi connectivity index (χ1v) is 17.8. The van der Waals surface area contributed by atoms with E-state index in [4.69, 9.17) is 4.74 Å². The lowest BCUT2D eigenvalue weighted by Crippen LogP contribution is -2.58. The molecular formula is C34H37N5O7S. The summed E-state index contributed by atoms with van der Waals surface area (Å²) in [5.41, 5.74) is 0.993. The molecule has 3 unspecified atom stereocenters. The van der Waals surface area contributed by atoms with Crippen molar-refractivity contribution in [2.24, 2.45) is 23.2 Å². The summed E-state index contributed by atoms with van der Waals surface area (Å²) in [5, 5.41) is 18.3. The molecule has 12 nitrogen and oxygen atoms in total. The molecule has 2 aromatic rings. The van der Waals surface area contributed by atoms with Gasteiger partial charge in [-0.1, -0.05) is 12.1 Å². The highest BCUT2D eigenvalue weighted by Gasteiger charge is 2.59. The second-order valence-electron chi connectivity index (χ2n) is 14.2. The molecule has 9 rings (SSSR count). The van der Waals surface area contributed by atoms with E-state index in [1.54, 1.807) is 36.4 Å². The maximum atomic E-state index is 14.4. The third-order valence-corrected chi connectivity index (χ3v) is 12.5. The molecular weight excluding hydrogens is 622 g/mol. The number of allylic oxidation sites excluding steroid dienone is 1. The molecule has 246 valence electrons. The van der Waals surface area contributed by atoms with Gasteiger partial charge in [-0.3, -0.25) is 19.7 Å². The number of amides is 2. The lowest BCUT2D eigenvalue weighted by atomic mass is 9.49. The Balaban J connectivity index is 0.989. The SMILES string of the molecule is O=C(NS(=O)(=O)c1ccc(NC2=CCOC=C2)c([N+](=O)[O-])c1)c1ccc(C2C3CC(CN3)N2C(=O)C23CC4CC(CC(C4)C2)C3)cc1. The number of likely N-dealkylation sites (tertiary alicyclic amines) is 1.